The van der Waals surface area contributed by atoms with Crippen molar-refractivity contribution in [3.05, 3.63) is 74.4 Å². The summed E-state index contributed by atoms with van der Waals surface area (Å²) in [5, 5.41) is 10.4. The van der Waals surface area contributed by atoms with Crippen molar-refractivity contribution in [3.8, 4) is 11.5 Å². The van der Waals surface area contributed by atoms with Crippen LogP contribution >= 0.6 is 15.9 Å². The number of rotatable bonds is 6. The molecule has 0 fully saturated rings. The topological polar surface area (TPSA) is 78.7 Å². The predicted octanol–water partition coefficient (Wildman–Crippen LogP) is 4.31. The molecule has 0 aliphatic carbocycles. The molecule has 2 aromatic carbocycles. The van der Waals surface area contributed by atoms with E-state index in [1.54, 1.807) is 49.4 Å². The Hall–Kier alpha value is -2.67. The SMILES string of the molecule is CCOc1cc(/C=C\[N+](=O)[O-])ccc1OC(=O)c1ccc(Br)cc1. The Morgan fingerprint density at radius 2 is 1.92 bits per heavy atom. The number of benzene rings is 2. The average molecular weight is 392 g/mol. The maximum absolute atomic E-state index is 12.2. The van der Waals surface area contributed by atoms with Gasteiger partial charge in [0.2, 0.25) is 6.20 Å². The molecule has 24 heavy (non-hydrogen) atoms. The molecule has 2 aromatic rings. The van der Waals surface area contributed by atoms with Gasteiger partial charge in [-0.3, -0.25) is 10.1 Å². The highest BCUT2D eigenvalue weighted by Gasteiger charge is 2.13. The molecule has 7 heteroatoms. The molecule has 0 heterocycles. The summed E-state index contributed by atoms with van der Waals surface area (Å²) in [6.45, 7) is 2.16. The third-order valence-electron chi connectivity index (χ3n) is 2.94. The second-order valence-electron chi connectivity index (χ2n) is 4.64. The highest BCUT2D eigenvalue weighted by Crippen LogP contribution is 2.30. The van der Waals surface area contributed by atoms with E-state index in [1.807, 2.05) is 0 Å². The van der Waals surface area contributed by atoms with E-state index in [0.29, 0.717) is 23.5 Å². The number of hydrogen-bond donors (Lipinski definition) is 0. The minimum absolute atomic E-state index is 0.253. The average Bonchev–Trinajstić information content (AvgIpc) is 2.55. The summed E-state index contributed by atoms with van der Waals surface area (Å²) in [7, 11) is 0. The zero-order valence-corrected chi connectivity index (χ0v) is 14.4. The summed E-state index contributed by atoms with van der Waals surface area (Å²) < 4.78 is 11.7. The number of ether oxygens (including phenoxy) is 2. The molecular formula is C17H14BrNO5. The lowest BCUT2D eigenvalue weighted by atomic mass is 10.2. The molecule has 0 spiro atoms. The third-order valence-corrected chi connectivity index (χ3v) is 3.47. The van der Waals surface area contributed by atoms with Crippen LogP contribution in [0.4, 0.5) is 0 Å². The van der Waals surface area contributed by atoms with E-state index < -0.39 is 10.9 Å². The number of halogens is 1. The molecule has 0 saturated heterocycles. The fourth-order valence-electron chi connectivity index (χ4n) is 1.87. The zero-order valence-electron chi connectivity index (χ0n) is 12.8. The van der Waals surface area contributed by atoms with Gasteiger partial charge in [-0.15, -0.1) is 0 Å². The molecule has 6 nitrogen and oxygen atoms in total. The highest BCUT2D eigenvalue weighted by molar-refractivity contribution is 9.10. The Morgan fingerprint density at radius 1 is 1.21 bits per heavy atom. The monoisotopic (exact) mass is 391 g/mol. The summed E-state index contributed by atoms with van der Waals surface area (Å²) in [5.74, 6) is 0.0773. The molecule has 0 saturated carbocycles. The Labute approximate surface area is 147 Å². The molecular weight excluding hydrogens is 378 g/mol. The van der Waals surface area contributed by atoms with Gasteiger partial charge in [0.1, 0.15) is 0 Å². The molecule has 0 amide bonds. The second-order valence-corrected chi connectivity index (χ2v) is 5.55. The Bertz CT molecular complexity index is 771. The lowest BCUT2D eigenvalue weighted by Crippen LogP contribution is -2.09. The van der Waals surface area contributed by atoms with Crippen LogP contribution in [0.2, 0.25) is 0 Å². The number of carbonyl (C=O) groups excluding carboxylic acids is 1. The minimum Gasteiger partial charge on any atom is -0.490 e. The van der Waals surface area contributed by atoms with Crippen molar-refractivity contribution in [2.24, 2.45) is 0 Å². The van der Waals surface area contributed by atoms with E-state index in [2.05, 4.69) is 15.9 Å². The first-order chi connectivity index (χ1) is 11.5. The number of carbonyl (C=O) groups is 1. The van der Waals surface area contributed by atoms with Crippen molar-refractivity contribution < 1.29 is 19.2 Å². The third kappa shape index (κ3) is 4.92. The first kappa shape index (κ1) is 17.7. The van der Waals surface area contributed by atoms with Crippen molar-refractivity contribution in [1.82, 2.24) is 0 Å². The zero-order chi connectivity index (χ0) is 17.5. The predicted molar refractivity (Wildman–Crippen MR) is 92.7 cm³/mol. The largest absolute Gasteiger partial charge is 0.490 e. The van der Waals surface area contributed by atoms with Gasteiger partial charge >= 0.3 is 5.97 Å². The fourth-order valence-corrected chi connectivity index (χ4v) is 2.14. The standard InChI is InChI=1S/C17H14BrNO5/c1-2-23-16-11-12(9-10-19(21)22)3-8-15(16)24-17(20)13-4-6-14(18)7-5-13/h3-11H,2H2,1H3/b10-9-. The Kier molecular flexibility index (Phi) is 6.08. The fraction of sp³-hybridized carbons (Fsp3) is 0.118. The smallest absolute Gasteiger partial charge is 0.343 e. The van der Waals surface area contributed by atoms with Crippen molar-refractivity contribution in [1.29, 1.82) is 0 Å². The number of hydrogen-bond acceptors (Lipinski definition) is 5. The van der Waals surface area contributed by atoms with Crippen LogP contribution in [0.1, 0.15) is 22.8 Å². The molecule has 0 N–H and O–H groups in total. The van der Waals surface area contributed by atoms with Gasteiger partial charge in [-0.25, -0.2) is 4.79 Å². The molecule has 0 bridgehead atoms. The molecule has 0 radical (unpaired) electrons. The first-order valence-electron chi connectivity index (χ1n) is 7.06. The first-order valence-corrected chi connectivity index (χ1v) is 7.85. The summed E-state index contributed by atoms with van der Waals surface area (Å²) in [6.07, 6.45) is 2.17. The van der Waals surface area contributed by atoms with Crippen LogP contribution in [0.3, 0.4) is 0 Å². The Balaban J connectivity index is 2.23. The normalized spacial score (nSPS) is 10.6. The summed E-state index contributed by atoms with van der Waals surface area (Å²) in [5.41, 5.74) is 0.969. The van der Waals surface area contributed by atoms with Gasteiger partial charge < -0.3 is 9.47 Å². The second kappa shape index (κ2) is 8.26. The van der Waals surface area contributed by atoms with E-state index in [9.17, 15) is 14.9 Å². The quantitative estimate of drug-likeness (QED) is 0.317. The highest BCUT2D eigenvalue weighted by atomic mass is 79.9. The van der Waals surface area contributed by atoms with Gasteiger partial charge in [-0.05, 0) is 48.9 Å². The van der Waals surface area contributed by atoms with Crippen LogP contribution in [0.15, 0.2) is 53.1 Å². The van der Waals surface area contributed by atoms with Gasteiger partial charge in [-0.2, -0.15) is 0 Å². The van der Waals surface area contributed by atoms with Crippen LogP contribution in [0.25, 0.3) is 6.08 Å². The van der Waals surface area contributed by atoms with Crippen molar-refractivity contribution in [2.45, 2.75) is 6.92 Å². The van der Waals surface area contributed by atoms with Gasteiger partial charge in [0.15, 0.2) is 11.5 Å². The van der Waals surface area contributed by atoms with E-state index in [-0.39, 0.29) is 5.75 Å². The van der Waals surface area contributed by atoms with E-state index in [4.69, 9.17) is 9.47 Å². The molecule has 0 aliphatic heterocycles. The molecule has 0 aromatic heterocycles. The molecule has 0 unspecified atom stereocenters. The minimum atomic E-state index is -0.554. The molecule has 124 valence electrons. The van der Waals surface area contributed by atoms with Crippen molar-refractivity contribution >= 4 is 28.0 Å². The van der Waals surface area contributed by atoms with Crippen LogP contribution in [0.5, 0.6) is 11.5 Å². The van der Waals surface area contributed by atoms with Gasteiger partial charge in [0, 0.05) is 10.5 Å². The van der Waals surface area contributed by atoms with E-state index in [0.717, 1.165) is 10.7 Å². The molecule has 0 atom stereocenters. The van der Waals surface area contributed by atoms with Crippen LogP contribution in [-0.4, -0.2) is 17.5 Å². The maximum atomic E-state index is 12.2. The number of esters is 1. The Morgan fingerprint density at radius 3 is 2.54 bits per heavy atom. The van der Waals surface area contributed by atoms with Gasteiger partial charge in [0.05, 0.1) is 17.1 Å². The summed E-state index contributed by atoms with van der Waals surface area (Å²) in [6, 6.07) is 11.5. The van der Waals surface area contributed by atoms with E-state index in [1.165, 1.54) is 6.08 Å². The van der Waals surface area contributed by atoms with E-state index >= 15 is 0 Å². The van der Waals surface area contributed by atoms with Gasteiger partial charge in [0.25, 0.3) is 0 Å². The van der Waals surface area contributed by atoms with Gasteiger partial charge in [-0.1, -0.05) is 22.0 Å². The number of nitro groups is 1. The molecule has 0 aliphatic rings. The van der Waals surface area contributed by atoms with Crippen LogP contribution in [-0.2, 0) is 0 Å². The lowest BCUT2D eigenvalue weighted by Gasteiger charge is -2.11. The van der Waals surface area contributed by atoms with Crippen molar-refractivity contribution in [3.63, 3.8) is 0 Å². The van der Waals surface area contributed by atoms with Crippen LogP contribution in [0, 0.1) is 10.1 Å². The molecule has 2 rings (SSSR count). The summed E-state index contributed by atoms with van der Waals surface area (Å²) >= 11 is 3.30. The summed E-state index contributed by atoms with van der Waals surface area (Å²) in [4.78, 5) is 22.0. The lowest BCUT2D eigenvalue weighted by molar-refractivity contribution is -0.400. The van der Waals surface area contributed by atoms with Crippen LogP contribution < -0.4 is 9.47 Å². The number of nitrogens with zero attached hydrogens (tertiary/aromatic N) is 1. The van der Waals surface area contributed by atoms with Crippen molar-refractivity contribution in [2.75, 3.05) is 6.61 Å². The maximum Gasteiger partial charge on any atom is 0.343 e.